The average Bonchev–Trinajstić information content (AvgIpc) is 3.40. The lowest BCUT2D eigenvalue weighted by molar-refractivity contribution is -0.104. The topological polar surface area (TPSA) is 117 Å². The molecule has 1 saturated heterocycles. The van der Waals surface area contributed by atoms with Crippen LogP contribution in [0.25, 0.3) is 21.9 Å². The molecule has 0 saturated carbocycles. The van der Waals surface area contributed by atoms with Crippen LogP contribution in [0.3, 0.4) is 0 Å². The fraction of sp³-hybridized carbons (Fsp3) is 0.321. The van der Waals surface area contributed by atoms with Crippen LogP contribution in [0.4, 0.5) is 17.3 Å². The molecule has 202 valence electrons. The number of nitrogens with zero attached hydrogens (tertiary/aromatic N) is 7. The second kappa shape index (κ2) is 10.7. The van der Waals surface area contributed by atoms with Gasteiger partial charge in [0.15, 0.2) is 5.65 Å². The lowest BCUT2D eigenvalue weighted by atomic mass is 10.0. The first-order valence-electron chi connectivity index (χ1n) is 12.9. The van der Waals surface area contributed by atoms with E-state index in [4.69, 9.17) is 5.41 Å². The Morgan fingerprint density at radius 2 is 2.03 bits per heavy atom. The lowest BCUT2D eigenvalue weighted by Gasteiger charge is -2.36. The van der Waals surface area contributed by atoms with Gasteiger partial charge >= 0.3 is 0 Å². The summed E-state index contributed by atoms with van der Waals surface area (Å²) in [6, 6.07) is 6.79. The first-order valence-corrected chi connectivity index (χ1v) is 12.9. The standard InChI is InChI=1S/C28H33N9O2/c1-5-12-36-27(39)22-17-30-28(32-26(22)37(36)25(29)7-6-15-38)31-19-8-9-21-23(16-19)34(4)18-24(21)35-13-10-20(11-14-35)33(2)3/h5-9,15-18,20,29H,1,10-14H2,2-4H3,(H,30,31,32)/b7-6-,29-25?. The van der Waals surface area contributed by atoms with Gasteiger partial charge in [-0.15, -0.1) is 6.58 Å². The third-order valence-corrected chi connectivity index (χ3v) is 7.30. The Hall–Kier alpha value is -4.51. The van der Waals surface area contributed by atoms with Crippen molar-refractivity contribution in [2.24, 2.45) is 7.05 Å². The fourth-order valence-corrected chi connectivity index (χ4v) is 5.27. The second-order valence-electron chi connectivity index (χ2n) is 9.96. The van der Waals surface area contributed by atoms with Crippen molar-refractivity contribution in [3.05, 3.63) is 65.8 Å². The van der Waals surface area contributed by atoms with E-state index in [1.165, 1.54) is 38.8 Å². The summed E-state index contributed by atoms with van der Waals surface area (Å²) in [5.74, 6) is 0.215. The predicted octanol–water partition coefficient (Wildman–Crippen LogP) is 3.13. The number of aryl methyl sites for hydroxylation is 1. The Morgan fingerprint density at radius 3 is 2.72 bits per heavy atom. The maximum atomic E-state index is 12.9. The van der Waals surface area contributed by atoms with Gasteiger partial charge in [0.05, 0.1) is 17.7 Å². The normalized spacial score (nSPS) is 14.6. The SMILES string of the molecule is C=CCn1c(=O)c2cnc(Nc3ccc4c(N5CCC(N(C)C)CC5)cn(C)c4c3)nc2n1C(=N)/C=C\C=O. The van der Waals surface area contributed by atoms with Gasteiger partial charge in [-0.25, -0.2) is 14.3 Å². The number of hydrogen-bond acceptors (Lipinski definition) is 8. The number of anilines is 3. The molecule has 4 heterocycles. The van der Waals surface area contributed by atoms with Crippen molar-refractivity contribution in [3.63, 3.8) is 0 Å². The molecule has 0 amide bonds. The zero-order valence-electron chi connectivity index (χ0n) is 22.5. The minimum absolute atomic E-state index is 0.0759. The molecule has 5 rings (SSSR count). The maximum absolute atomic E-state index is 12.9. The fourth-order valence-electron chi connectivity index (χ4n) is 5.27. The molecule has 39 heavy (non-hydrogen) atoms. The van der Waals surface area contributed by atoms with Gasteiger partial charge in [0, 0.05) is 49.6 Å². The van der Waals surface area contributed by atoms with Crippen molar-refractivity contribution in [3.8, 4) is 0 Å². The molecular formula is C28H33N9O2. The van der Waals surface area contributed by atoms with Gasteiger partial charge in [-0.05, 0) is 57.3 Å². The molecule has 0 spiro atoms. The third-order valence-electron chi connectivity index (χ3n) is 7.30. The molecule has 4 aromatic rings. The van der Waals surface area contributed by atoms with Gasteiger partial charge in [0.25, 0.3) is 5.56 Å². The van der Waals surface area contributed by atoms with Crippen LogP contribution in [0.15, 0.2) is 60.2 Å². The van der Waals surface area contributed by atoms with Crippen molar-refractivity contribution in [1.29, 1.82) is 5.41 Å². The largest absolute Gasteiger partial charge is 0.370 e. The summed E-state index contributed by atoms with van der Waals surface area (Å²) < 4.78 is 4.83. The van der Waals surface area contributed by atoms with Crippen LogP contribution >= 0.6 is 0 Å². The zero-order chi connectivity index (χ0) is 27.7. The van der Waals surface area contributed by atoms with Gasteiger partial charge in [-0.2, -0.15) is 4.98 Å². The van der Waals surface area contributed by atoms with Crippen LogP contribution < -0.4 is 15.8 Å². The molecule has 11 nitrogen and oxygen atoms in total. The number of hydrogen-bond donors (Lipinski definition) is 2. The van der Waals surface area contributed by atoms with Gasteiger partial charge in [0.2, 0.25) is 5.95 Å². The molecule has 11 heteroatoms. The molecule has 1 aliphatic rings. The van der Waals surface area contributed by atoms with E-state index in [1.807, 2.05) is 13.1 Å². The number of piperidine rings is 1. The first-order chi connectivity index (χ1) is 18.8. The number of nitrogens with one attached hydrogen (secondary N) is 2. The molecule has 0 aliphatic carbocycles. The van der Waals surface area contributed by atoms with Crippen LogP contribution in [-0.2, 0) is 18.4 Å². The minimum Gasteiger partial charge on any atom is -0.370 e. The summed E-state index contributed by atoms with van der Waals surface area (Å²) in [7, 11) is 6.35. The van der Waals surface area contributed by atoms with E-state index < -0.39 is 0 Å². The number of allylic oxidation sites excluding steroid dienone is 3. The van der Waals surface area contributed by atoms with Crippen molar-refractivity contribution in [2.45, 2.75) is 25.4 Å². The van der Waals surface area contributed by atoms with Gasteiger partial charge in [-0.3, -0.25) is 15.0 Å². The first kappa shape index (κ1) is 26.1. The highest BCUT2D eigenvalue weighted by Gasteiger charge is 2.23. The van der Waals surface area contributed by atoms with Crippen molar-refractivity contribution in [1.82, 2.24) is 28.8 Å². The smallest absolute Gasteiger partial charge is 0.278 e. The Morgan fingerprint density at radius 1 is 1.26 bits per heavy atom. The van der Waals surface area contributed by atoms with E-state index in [0.29, 0.717) is 18.3 Å². The summed E-state index contributed by atoms with van der Waals surface area (Å²) in [6.45, 7) is 5.93. The number of rotatable bonds is 8. The van der Waals surface area contributed by atoms with E-state index in [1.54, 1.807) is 6.08 Å². The molecule has 1 aromatic carbocycles. The molecule has 2 N–H and O–H groups in total. The second-order valence-corrected chi connectivity index (χ2v) is 9.96. The number of aromatic nitrogens is 5. The Balaban J connectivity index is 1.46. The van der Waals surface area contributed by atoms with E-state index in [9.17, 15) is 9.59 Å². The van der Waals surface area contributed by atoms with Gasteiger partial charge in [-0.1, -0.05) is 6.08 Å². The number of carbonyl (C=O) groups excluding carboxylic acids is 1. The number of benzene rings is 1. The van der Waals surface area contributed by atoms with Crippen LogP contribution in [0, 0.1) is 5.41 Å². The van der Waals surface area contributed by atoms with E-state index >= 15 is 0 Å². The van der Waals surface area contributed by atoms with Crippen LogP contribution in [0.1, 0.15) is 12.8 Å². The molecular weight excluding hydrogens is 494 g/mol. The highest BCUT2D eigenvalue weighted by atomic mass is 16.1. The lowest BCUT2D eigenvalue weighted by Crippen LogP contribution is -2.41. The molecule has 0 radical (unpaired) electrons. The van der Waals surface area contributed by atoms with E-state index in [2.05, 4.69) is 68.7 Å². The zero-order valence-corrected chi connectivity index (χ0v) is 22.5. The van der Waals surface area contributed by atoms with Crippen LogP contribution in [-0.4, -0.2) is 74.1 Å². The van der Waals surface area contributed by atoms with Crippen molar-refractivity contribution >= 4 is 51.4 Å². The third kappa shape index (κ3) is 4.88. The Labute approximate surface area is 226 Å². The molecule has 0 bridgehead atoms. The van der Waals surface area contributed by atoms with Crippen LogP contribution in [0.2, 0.25) is 0 Å². The highest BCUT2D eigenvalue weighted by molar-refractivity contribution is 5.99. The molecule has 0 unspecified atom stereocenters. The predicted molar refractivity (Wildman–Crippen MR) is 155 cm³/mol. The van der Waals surface area contributed by atoms with E-state index in [-0.39, 0.29) is 29.0 Å². The molecule has 1 aliphatic heterocycles. The quantitative estimate of drug-likeness (QED) is 0.119. The summed E-state index contributed by atoms with van der Waals surface area (Å²) in [5, 5.41) is 13.1. The van der Waals surface area contributed by atoms with Crippen LogP contribution in [0.5, 0.6) is 0 Å². The highest BCUT2D eigenvalue weighted by Crippen LogP contribution is 2.33. The summed E-state index contributed by atoms with van der Waals surface area (Å²) in [6.07, 6.45) is 10.6. The monoisotopic (exact) mass is 527 g/mol. The number of carbonyl (C=O) groups is 1. The Bertz CT molecular complexity index is 1650. The van der Waals surface area contributed by atoms with Gasteiger partial charge in [0.1, 0.15) is 17.5 Å². The van der Waals surface area contributed by atoms with Crippen molar-refractivity contribution in [2.75, 3.05) is 37.4 Å². The van der Waals surface area contributed by atoms with E-state index in [0.717, 1.165) is 37.1 Å². The summed E-state index contributed by atoms with van der Waals surface area (Å²) >= 11 is 0. The number of fused-ring (bicyclic) bond motifs is 2. The summed E-state index contributed by atoms with van der Waals surface area (Å²) in [4.78, 5) is 37.5. The van der Waals surface area contributed by atoms with Gasteiger partial charge < -0.3 is 19.7 Å². The maximum Gasteiger partial charge on any atom is 0.278 e. The summed E-state index contributed by atoms with van der Waals surface area (Å²) in [5.41, 5.74) is 3.05. The Kier molecular flexibility index (Phi) is 7.16. The molecule has 0 atom stereocenters. The average molecular weight is 528 g/mol. The van der Waals surface area contributed by atoms with Crippen molar-refractivity contribution < 1.29 is 4.79 Å². The molecule has 3 aromatic heterocycles. The minimum atomic E-state index is -0.340. The number of aldehydes is 1. The molecule has 1 fully saturated rings.